The number of anilines is 1. The van der Waals surface area contributed by atoms with Gasteiger partial charge in [-0.25, -0.2) is 8.42 Å². The van der Waals surface area contributed by atoms with Gasteiger partial charge in [0.05, 0.1) is 11.4 Å². The Labute approximate surface area is 198 Å². The third-order valence-corrected chi connectivity index (χ3v) is 7.52. The van der Waals surface area contributed by atoms with Crippen molar-refractivity contribution in [3.63, 3.8) is 0 Å². The average Bonchev–Trinajstić information content (AvgIpc) is 2.85. The largest absolute Gasteiger partial charge is 0.384 e. The number of nitrogens with two attached hydrogens (primary N) is 1. The smallest absolute Gasteiger partial charge is 0.243 e. The molecule has 176 valence electrons. The Bertz CT molecular complexity index is 1260. The van der Waals surface area contributed by atoms with E-state index >= 15 is 0 Å². The van der Waals surface area contributed by atoms with Crippen molar-refractivity contribution >= 4 is 27.5 Å². The summed E-state index contributed by atoms with van der Waals surface area (Å²) in [5.41, 5.74) is 8.85. The summed E-state index contributed by atoms with van der Waals surface area (Å²) in [4.78, 5) is 18.5. The van der Waals surface area contributed by atoms with Crippen LogP contribution >= 0.6 is 0 Å². The number of pyridine rings is 1. The van der Waals surface area contributed by atoms with Crippen LogP contribution in [0.4, 0.5) is 5.69 Å². The van der Waals surface area contributed by atoms with Crippen molar-refractivity contribution in [2.24, 2.45) is 5.73 Å². The molecule has 0 unspecified atom stereocenters. The fourth-order valence-corrected chi connectivity index (χ4v) is 5.05. The third-order valence-electron chi connectivity index (χ3n) is 5.66. The first-order valence-electron chi connectivity index (χ1n) is 10.8. The lowest BCUT2D eigenvalue weighted by Gasteiger charge is -2.33. The van der Waals surface area contributed by atoms with Crippen LogP contribution in [-0.4, -0.2) is 54.0 Å². The van der Waals surface area contributed by atoms with E-state index in [0.717, 1.165) is 16.8 Å². The molecule has 1 aliphatic rings. The molecular formula is C24H26N6O3S. The van der Waals surface area contributed by atoms with Gasteiger partial charge in [0.2, 0.25) is 15.9 Å². The molecule has 1 saturated heterocycles. The predicted octanol–water partition coefficient (Wildman–Crippen LogP) is 2.01. The molecule has 4 N–H and O–H groups in total. The maximum absolute atomic E-state index is 13.1. The molecule has 2 aromatic carbocycles. The number of amides is 1. The van der Waals surface area contributed by atoms with Crippen LogP contribution in [0.5, 0.6) is 0 Å². The molecule has 1 amide bonds. The zero-order valence-electron chi connectivity index (χ0n) is 18.5. The summed E-state index contributed by atoms with van der Waals surface area (Å²) in [5.74, 6) is -0.261. The molecule has 0 atom stereocenters. The summed E-state index contributed by atoms with van der Waals surface area (Å²) < 4.78 is 27.4. The van der Waals surface area contributed by atoms with Crippen molar-refractivity contribution in [3.8, 4) is 0 Å². The maximum Gasteiger partial charge on any atom is 0.243 e. The molecule has 4 rings (SSSR count). The fraction of sp³-hybridized carbons (Fsp3) is 0.208. The van der Waals surface area contributed by atoms with E-state index in [-0.39, 0.29) is 29.7 Å². The molecule has 34 heavy (non-hydrogen) atoms. The van der Waals surface area contributed by atoms with Gasteiger partial charge in [0.25, 0.3) is 0 Å². The number of rotatable bonds is 8. The Morgan fingerprint density at radius 3 is 2.24 bits per heavy atom. The first-order valence-corrected chi connectivity index (χ1v) is 12.2. The van der Waals surface area contributed by atoms with Gasteiger partial charge in [-0.2, -0.15) is 4.31 Å². The van der Waals surface area contributed by atoms with Crippen molar-refractivity contribution in [1.82, 2.24) is 14.2 Å². The quantitative estimate of drug-likeness (QED) is 0.335. The van der Waals surface area contributed by atoms with Crippen molar-refractivity contribution < 1.29 is 13.2 Å². The van der Waals surface area contributed by atoms with Crippen molar-refractivity contribution in [2.45, 2.75) is 18.0 Å². The van der Waals surface area contributed by atoms with Crippen LogP contribution in [-0.2, 0) is 27.9 Å². The van der Waals surface area contributed by atoms with Gasteiger partial charge in [-0.05, 0) is 35.4 Å². The summed E-state index contributed by atoms with van der Waals surface area (Å²) in [5, 5.41) is 10.7. The molecule has 10 heteroatoms. The minimum absolute atomic E-state index is 0.0144. The van der Waals surface area contributed by atoms with E-state index in [0.29, 0.717) is 25.2 Å². The van der Waals surface area contributed by atoms with E-state index in [2.05, 4.69) is 10.3 Å². The highest BCUT2D eigenvalue weighted by molar-refractivity contribution is 7.89. The maximum atomic E-state index is 13.1. The molecule has 0 bridgehead atoms. The van der Waals surface area contributed by atoms with E-state index in [4.69, 9.17) is 11.1 Å². The van der Waals surface area contributed by atoms with Gasteiger partial charge in [-0.1, -0.05) is 36.4 Å². The Kier molecular flexibility index (Phi) is 6.90. The number of piperazine rings is 1. The molecule has 9 nitrogen and oxygen atoms in total. The van der Waals surface area contributed by atoms with E-state index in [1.54, 1.807) is 53.7 Å². The monoisotopic (exact) mass is 478 g/mol. The number of nitrogens with one attached hydrogen (secondary N) is 2. The van der Waals surface area contributed by atoms with E-state index < -0.39 is 10.0 Å². The predicted molar refractivity (Wildman–Crippen MR) is 130 cm³/mol. The number of hydrogen-bond donors (Lipinski definition) is 3. The molecule has 2 heterocycles. The second-order valence-electron chi connectivity index (χ2n) is 8.00. The third kappa shape index (κ3) is 5.41. The Hall–Kier alpha value is -3.76. The second kappa shape index (κ2) is 10.0. The summed E-state index contributed by atoms with van der Waals surface area (Å²) >= 11 is 0. The SMILES string of the molecule is N=C(N)c1ccc(CN2CCN(S(=O)(=O)c3ccc(CNc4ccncc4)cc3)CC2=O)cc1. The van der Waals surface area contributed by atoms with Crippen molar-refractivity contribution in [3.05, 3.63) is 89.7 Å². The van der Waals surface area contributed by atoms with Crippen LogP contribution in [0.15, 0.2) is 78.0 Å². The standard InChI is InChI=1S/C24H26N6O3S/c25-24(26)20-5-1-19(2-6-20)16-29-13-14-30(17-23(29)31)34(32,33)22-7-3-18(4-8-22)15-28-21-9-11-27-12-10-21/h1-12H,13-17H2,(H3,25,26)(H,27,28). The highest BCUT2D eigenvalue weighted by Crippen LogP contribution is 2.20. The Balaban J connectivity index is 1.35. The molecule has 0 aliphatic carbocycles. The molecule has 3 aromatic rings. The fourth-order valence-electron chi connectivity index (χ4n) is 3.67. The van der Waals surface area contributed by atoms with Gasteiger partial charge in [-0.3, -0.25) is 15.2 Å². The molecule has 0 radical (unpaired) electrons. The molecule has 1 fully saturated rings. The topological polar surface area (TPSA) is 132 Å². The number of sulfonamides is 1. The summed E-state index contributed by atoms with van der Waals surface area (Å²) in [6, 6.07) is 17.5. The van der Waals surface area contributed by atoms with Crippen LogP contribution in [0, 0.1) is 5.41 Å². The number of aromatic nitrogens is 1. The summed E-state index contributed by atoms with van der Waals surface area (Å²) in [6.07, 6.45) is 3.40. The van der Waals surface area contributed by atoms with Gasteiger partial charge >= 0.3 is 0 Å². The van der Waals surface area contributed by atoms with Crippen LogP contribution in [0.1, 0.15) is 16.7 Å². The van der Waals surface area contributed by atoms with Crippen LogP contribution < -0.4 is 11.1 Å². The highest BCUT2D eigenvalue weighted by atomic mass is 32.2. The normalized spacial score (nSPS) is 14.7. The number of benzene rings is 2. The molecule has 0 spiro atoms. The highest BCUT2D eigenvalue weighted by Gasteiger charge is 2.32. The van der Waals surface area contributed by atoms with Gasteiger partial charge < -0.3 is 16.0 Å². The molecular weight excluding hydrogens is 452 g/mol. The second-order valence-corrected chi connectivity index (χ2v) is 9.94. The number of carbonyl (C=O) groups excluding carboxylic acids is 1. The zero-order valence-corrected chi connectivity index (χ0v) is 19.3. The molecule has 1 aliphatic heterocycles. The number of hydrogen-bond acceptors (Lipinski definition) is 6. The zero-order chi connectivity index (χ0) is 24.1. The number of nitrogen functional groups attached to an aromatic ring is 1. The van der Waals surface area contributed by atoms with Gasteiger partial charge in [0, 0.05) is 49.8 Å². The number of nitrogens with zero attached hydrogens (tertiary/aromatic N) is 3. The average molecular weight is 479 g/mol. The lowest BCUT2D eigenvalue weighted by Crippen LogP contribution is -2.51. The van der Waals surface area contributed by atoms with Crippen LogP contribution in [0.2, 0.25) is 0 Å². The lowest BCUT2D eigenvalue weighted by atomic mass is 10.1. The van der Waals surface area contributed by atoms with E-state index in [1.807, 2.05) is 24.3 Å². The van der Waals surface area contributed by atoms with Crippen molar-refractivity contribution in [1.29, 1.82) is 5.41 Å². The van der Waals surface area contributed by atoms with Crippen molar-refractivity contribution in [2.75, 3.05) is 25.0 Å². The first-order chi connectivity index (χ1) is 16.3. The molecule has 1 aromatic heterocycles. The van der Waals surface area contributed by atoms with Gasteiger partial charge in [0.15, 0.2) is 0 Å². The Morgan fingerprint density at radius 2 is 1.62 bits per heavy atom. The van der Waals surface area contributed by atoms with Crippen LogP contribution in [0.25, 0.3) is 0 Å². The molecule has 0 saturated carbocycles. The minimum atomic E-state index is -3.77. The van der Waals surface area contributed by atoms with Crippen LogP contribution in [0.3, 0.4) is 0 Å². The number of carbonyl (C=O) groups is 1. The lowest BCUT2D eigenvalue weighted by molar-refractivity contribution is -0.134. The van der Waals surface area contributed by atoms with E-state index in [9.17, 15) is 13.2 Å². The summed E-state index contributed by atoms with van der Waals surface area (Å²) in [6.45, 7) is 1.27. The first kappa shape index (κ1) is 23.4. The number of amidine groups is 1. The van der Waals surface area contributed by atoms with Gasteiger partial charge in [0.1, 0.15) is 5.84 Å². The van der Waals surface area contributed by atoms with Gasteiger partial charge in [-0.15, -0.1) is 0 Å². The summed E-state index contributed by atoms with van der Waals surface area (Å²) in [7, 11) is -3.77. The Morgan fingerprint density at radius 1 is 0.971 bits per heavy atom. The van der Waals surface area contributed by atoms with E-state index in [1.165, 1.54) is 4.31 Å². The minimum Gasteiger partial charge on any atom is -0.384 e.